The predicted molar refractivity (Wildman–Crippen MR) is 179 cm³/mol. The number of aliphatic imine (C=N–C) groups is 4. The minimum Gasteiger partial charge on any atom is -0.507 e. The minimum absolute atomic E-state index is 0. The Kier molecular flexibility index (Phi) is 26.9. The maximum absolute atomic E-state index is 9.54. The topological polar surface area (TPSA) is 171 Å². The van der Waals surface area contributed by atoms with Crippen LogP contribution in [0.25, 0.3) is 0 Å². The molecule has 0 fully saturated rings. The summed E-state index contributed by atoms with van der Waals surface area (Å²) in [5.74, 6) is 0.867. The summed E-state index contributed by atoms with van der Waals surface area (Å²) >= 11 is 0. The van der Waals surface area contributed by atoms with E-state index in [0.29, 0.717) is 48.4 Å². The van der Waals surface area contributed by atoms with Gasteiger partial charge in [0, 0.05) is 95.5 Å². The summed E-state index contributed by atoms with van der Waals surface area (Å²) in [6, 6.07) is 28.1. The summed E-state index contributed by atoms with van der Waals surface area (Å²) in [5, 5.41) is 52.2. The van der Waals surface area contributed by atoms with Crippen molar-refractivity contribution in [3.63, 3.8) is 0 Å². The number of hydrogen-bond acceptors (Lipinski definition) is 10. The Labute approximate surface area is 291 Å². The summed E-state index contributed by atoms with van der Waals surface area (Å²) in [7, 11) is 2.00. The Hall–Kier alpha value is -4.28. The number of phenolic OH excluding ortho intramolecular Hbond substituents is 4. The van der Waals surface area contributed by atoms with Crippen LogP contribution in [0.5, 0.6) is 23.0 Å². The van der Waals surface area contributed by atoms with Gasteiger partial charge in [0.05, 0.1) is 26.2 Å². The zero-order chi connectivity index (χ0) is 32.4. The van der Waals surface area contributed by atoms with Crippen LogP contribution in [0.3, 0.4) is 0 Å². The SMILES string of the molecule is CO.CO.Oc1ccccc1C=NCCN=Cc1ccccc1O.Oc1ccccc1C=NCCN=Cc1ccccc1O.[Fe].[Fe]. The molecule has 4 aromatic rings. The van der Waals surface area contributed by atoms with Gasteiger partial charge in [0.2, 0.25) is 0 Å². The monoisotopic (exact) mass is 712 g/mol. The van der Waals surface area contributed by atoms with Crippen LogP contribution in [0, 0.1) is 0 Å². The molecular formula is C34H40Fe2N4O6. The molecule has 0 saturated heterocycles. The molecule has 0 radical (unpaired) electrons. The van der Waals surface area contributed by atoms with Gasteiger partial charge in [-0.15, -0.1) is 0 Å². The van der Waals surface area contributed by atoms with Crippen molar-refractivity contribution in [2.24, 2.45) is 20.0 Å². The molecule has 6 N–H and O–H groups in total. The third kappa shape index (κ3) is 17.9. The third-order valence-corrected chi connectivity index (χ3v) is 5.38. The van der Waals surface area contributed by atoms with Crippen LogP contribution < -0.4 is 0 Å². The van der Waals surface area contributed by atoms with Crippen molar-refractivity contribution in [2.45, 2.75) is 0 Å². The second-order valence-electron chi connectivity index (χ2n) is 8.38. The third-order valence-electron chi connectivity index (χ3n) is 5.38. The van der Waals surface area contributed by atoms with Gasteiger partial charge in [-0.3, -0.25) is 20.0 Å². The molecule has 0 heterocycles. The molecule has 4 aromatic carbocycles. The van der Waals surface area contributed by atoms with Gasteiger partial charge in [-0.2, -0.15) is 0 Å². The van der Waals surface area contributed by atoms with Gasteiger partial charge in [-0.25, -0.2) is 0 Å². The molecule has 0 amide bonds. The van der Waals surface area contributed by atoms with E-state index in [2.05, 4.69) is 20.0 Å². The number of hydrogen-bond donors (Lipinski definition) is 6. The van der Waals surface area contributed by atoms with Crippen molar-refractivity contribution in [2.75, 3.05) is 40.4 Å². The van der Waals surface area contributed by atoms with E-state index in [0.717, 1.165) is 14.2 Å². The Morgan fingerprint density at radius 2 is 0.543 bits per heavy atom. The van der Waals surface area contributed by atoms with Crippen LogP contribution in [-0.2, 0) is 34.1 Å². The molecule has 248 valence electrons. The van der Waals surface area contributed by atoms with Crippen LogP contribution in [-0.4, -0.2) is 95.9 Å². The first-order chi connectivity index (χ1) is 21.5. The standard InChI is InChI=1S/2C16H16N2O2.2CH4O.2Fe/c2*19-15-7-3-1-5-13(15)11-17-9-10-18-12-14-6-2-4-8-16(14)20;2*1-2;;/h2*1-8,11-12,19-20H,9-10H2;2*2H,1H3;;. The predicted octanol–water partition coefficient (Wildman–Crippen LogP) is 4.48. The Morgan fingerprint density at radius 3 is 0.717 bits per heavy atom. The van der Waals surface area contributed by atoms with Gasteiger partial charge < -0.3 is 30.6 Å². The van der Waals surface area contributed by atoms with E-state index in [4.69, 9.17) is 10.2 Å². The molecule has 12 heteroatoms. The average molecular weight is 712 g/mol. The average Bonchev–Trinajstić information content (AvgIpc) is 3.06. The number of rotatable bonds is 10. The number of para-hydroxylation sites is 4. The van der Waals surface area contributed by atoms with E-state index in [1.165, 1.54) is 0 Å². The second-order valence-corrected chi connectivity index (χ2v) is 8.38. The van der Waals surface area contributed by atoms with E-state index >= 15 is 0 Å². The molecule has 0 aliphatic rings. The molecule has 0 aliphatic heterocycles. The molecule has 46 heavy (non-hydrogen) atoms. The van der Waals surface area contributed by atoms with Crippen molar-refractivity contribution in [3.05, 3.63) is 119 Å². The Morgan fingerprint density at radius 1 is 0.370 bits per heavy atom. The summed E-state index contributed by atoms with van der Waals surface area (Å²) in [4.78, 5) is 16.8. The van der Waals surface area contributed by atoms with E-state index in [9.17, 15) is 20.4 Å². The maximum Gasteiger partial charge on any atom is 0.124 e. The Balaban J connectivity index is 0. The van der Waals surface area contributed by atoms with Crippen molar-refractivity contribution >= 4 is 24.9 Å². The molecule has 0 spiro atoms. The first-order valence-corrected chi connectivity index (χ1v) is 13.6. The number of aliphatic hydroxyl groups excluding tert-OH is 2. The van der Waals surface area contributed by atoms with Gasteiger partial charge in [0.25, 0.3) is 0 Å². The molecule has 0 aromatic heterocycles. The fraction of sp³-hybridized carbons (Fsp3) is 0.176. The number of phenols is 4. The first-order valence-electron chi connectivity index (χ1n) is 13.6. The molecule has 0 bridgehead atoms. The zero-order valence-electron chi connectivity index (χ0n) is 25.6. The van der Waals surface area contributed by atoms with Crippen molar-refractivity contribution in [1.82, 2.24) is 0 Å². The quantitative estimate of drug-likeness (QED) is 0.0805. The minimum atomic E-state index is 0. The van der Waals surface area contributed by atoms with Crippen molar-refractivity contribution < 1.29 is 64.8 Å². The number of aliphatic hydroxyl groups is 2. The van der Waals surface area contributed by atoms with Gasteiger partial charge >= 0.3 is 0 Å². The fourth-order valence-electron chi connectivity index (χ4n) is 3.27. The van der Waals surface area contributed by atoms with Crippen molar-refractivity contribution in [1.29, 1.82) is 0 Å². The van der Waals surface area contributed by atoms with Crippen molar-refractivity contribution in [3.8, 4) is 23.0 Å². The van der Waals surface area contributed by atoms with Gasteiger partial charge in [-0.05, 0) is 48.5 Å². The second kappa shape index (κ2) is 28.2. The smallest absolute Gasteiger partial charge is 0.124 e. The molecule has 0 atom stereocenters. The van der Waals surface area contributed by atoms with E-state index in [1.807, 2.05) is 24.3 Å². The van der Waals surface area contributed by atoms with E-state index in [-0.39, 0.29) is 57.1 Å². The number of benzene rings is 4. The summed E-state index contributed by atoms with van der Waals surface area (Å²) in [5.41, 5.74) is 2.77. The maximum atomic E-state index is 9.54. The van der Waals surface area contributed by atoms with Gasteiger partial charge in [0.15, 0.2) is 0 Å². The van der Waals surface area contributed by atoms with E-state index in [1.54, 1.807) is 97.7 Å². The Bertz CT molecular complexity index is 1260. The van der Waals surface area contributed by atoms with Gasteiger partial charge in [0.1, 0.15) is 23.0 Å². The molecule has 0 unspecified atom stereocenters. The molecule has 0 saturated carbocycles. The van der Waals surface area contributed by atoms with Crippen LogP contribution >= 0.6 is 0 Å². The largest absolute Gasteiger partial charge is 0.507 e. The first kappa shape index (κ1) is 43.8. The fourth-order valence-corrected chi connectivity index (χ4v) is 3.27. The molecule has 10 nitrogen and oxygen atoms in total. The van der Waals surface area contributed by atoms with Crippen LogP contribution in [0.1, 0.15) is 22.3 Å². The van der Waals surface area contributed by atoms with Gasteiger partial charge in [-0.1, -0.05) is 48.5 Å². The van der Waals surface area contributed by atoms with Crippen LogP contribution in [0.15, 0.2) is 117 Å². The van der Waals surface area contributed by atoms with Crippen LogP contribution in [0.4, 0.5) is 0 Å². The number of aromatic hydroxyl groups is 4. The summed E-state index contributed by atoms with van der Waals surface area (Å²) in [6.07, 6.45) is 6.52. The molecule has 4 rings (SSSR count). The zero-order valence-corrected chi connectivity index (χ0v) is 27.8. The normalized spacial score (nSPS) is 10.2. The molecular weight excluding hydrogens is 672 g/mol. The van der Waals surface area contributed by atoms with E-state index < -0.39 is 0 Å². The summed E-state index contributed by atoms with van der Waals surface area (Å²) in [6.45, 7) is 2.10. The van der Waals surface area contributed by atoms with Crippen LogP contribution in [0.2, 0.25) is 0 Å². The molecule has 0 aliphatic carbocycles. The number of nitrogens with zero attached hydrogens (tertiary/aromatic N) is 4. The summed E-state index contributed by atoms with van der Waals surface area (Å²) < 4.78 is 0.